The van der Waals surface area contributed by atoms with Crippen molar-refractivity contribution in [2.75, 3.05) is 23.8 Å². The normalized spacial score (nSPS) is 19.2. The number of nitrogens with zero attached hydrogens (tertiary/aromatic N) is 4. The number of amides is 1. The fourth-order valence-electron chi connectivity index (χ4n) is 3.25. The van der Waals surface area contributed by atoms with Crippen molar-refractivity contribution in [3.05, 3.63) is 12.1 Å². The lowest BCUT2D eigenvalue weighted by Gasteiger charge is -2.37. The maximum absolute atomic E-state index is 12.3. The van der Waals surface area contributed by atoms with Gasteiger partial charge in [-0.05, 0) is 30.9 Å². The number of anilines is 2. The Labute approximate surface area is 147 Å². The summed E-state index contributed by atoms with van der Waals surface area (Å²) in [7, 11) is 0. The summed E-state index contributed by atoms with van der Waals surface area (Å²) in [4.78, 5) is 21.3. The Morgan fingerprint density at radius 3 is 2.79 bits per heavy atom. The van der Waals surface area contributed by atoms with E-state index >= 15 is 0 Å². The lowest BCUT2D eigenvalue weighted by Crippen LogP contribution is -2.50. The molecule has 1 aliphatic heterocycles. The molecule has 0 bridgehead atoms. The van der Waals surface area contributed by atoms with E-state index in [1.165, 1.54) is 17.8 Å². The molecule has 0 aliphatic carbocycles. The summed E-state index contributed by atoms with van der Waals surface area (Å²) in [5.74, 6) is 0.597. The zero-order valence-corrected chi connectivity index (χ0v) is 15.3. The smallest absolute Gasteiger partial charge is 0.240 e. The number of fused-ring (bicyclic) bond motifs is 2. The minimum Gasteiger partial charge on any atom is -0.375 e. The Hall–Kier alpha value is -1.77. The maximum Gasteiger partial charge on any atom is 0.240 e. The van der Waals surface area contributed by atoms with Crippen molar-refractivity contribution in [3.8, 4) is 0 Å². The number of nitrogens with two attached hydrogens (primary N) is 1. The van der Waals surface area contributed by atoms with Crippen molar-refractivity contribution in [1.29, 1.82) is 0 Å². The minimum absolute atomic E-state index is 0.00679. The molecule has 1 fully saturated rings. The van der Waals surface area contributed by atoms with Crippen molar-refractivity contribution >= 4 is 59.3 Å². The molecule has 1 unspecified atom stereocenters. The molecule has 2 aromatic heterocycles. The summed E-state index contributed by atoms with van der Waals surface area (Å²) in [5, 5.41) is 5.18. The van der Waals surface area contributed by atoms with Gasteiger partial charge in [-0.1, -0.05) is 29.6 Å². The van der Waals surface area contributed by atoms with E-state index in [-0.39, 0.29) is 5.91 Å². The van der Waals surface area contributed by atoms with Gasteiger partial charge in [0.15, 0.2) is 5.13 Å². The second-order valence-corrected chi connectivity index (χ2v) is 8.40. The van der Waals surface area contributed by atoms with E-state index in [9.17, 15) is 4.79 Å². The van der Waals surface area contributed by atoms with Crippen LogP contribution < -0.4 is 10.7 Å². The predicted molar refractivity (Wildman–Crippen MR) is 100 cm³/mol. The summed E-state index contributed by atoms with van der Waals surface area (Å²) in [5.41, 5.74) is 7.51. The van der Waals surface area contributed by atoms with Crippen LogP contribution in [-0.2, 0) is 4.79 Å². The van der Waals surface area contributed by atoms with Gasteiger partial charge in [-0.15, -0.1) is 0 Å². The molecule has 2 N–H and O–H groups in total. The van der Waals surface area contributed by atoms with E-state index in [0.29, 0.717) is 11.0 Å². The predicted octanol–water partition coefficient (Wildman–Crippen LogP) is 3.49. The van der Waals surface area contributed by atoms with Gasteiger partial charge in [-0.3, -0.25) is 4.79 Å². The average molecular weight is 361 g/mol. The standard InChI is InChI=1S/C16H19N5OS2/c1-9-4-3-5-20(8-9)21(10(2)22)16-19-12-6-11-13(7-14(12)24-16)23-15(17)18-11/h6-7,9H,3-5,8H2,1-2H3,(H2,17,18). The fraction of sp³-hybridized carbons (Fsp3) is 0.438. The van der Waals surface area contributed by atoms with E-state index in [1.807, 2.05) is 6.07 Å². The monoisotopic (exact) mass is 361 g/mol. The quantitative estimate of drug-likeness (QED) is 0.756. The molecule has 6 nitrogen and oxygen atoms in total. The molecular formula is C16H19N5OS2. The molecule has 1 aliphatic rings. The summed E-state index contributed by atoms with van der Waals surface area (Å²) in [6.07, 6.45) is 2.32. The van der Waals surface area contributed by atoms with Crippen molar-refractivity contribution in [2.45, 2.75) is 26.7 Å². The third kappa shape index (κ3) is 2.74. The van der Waals surface area contributed by atoms with E-state index in [0.717, 1.165) is 45.1 Å². The van der Waals surface area contributed by atoms with Gasteiger partial charge in [0.1, 0.15) is 0 Å². The second-order valence-electron chi connectivity index (χ2n) is 6.33. The molecule has 4 rings (SSSR count). The highest BCUT2D eigenvalue weighted by Crippen LogP contribution is 2.35. The van der Waals surface area contributed by atoms with Gasteiger partial charge in [0, 0.05) is 20.0 Å². The highest BCUT2D eigenvalue weighted by molar-refractivity contribution is 7.24. The number of piperidine rings is 1. The third-order valence-electron chi connectivity index (χ3n) is 4.30. The van der Waals surface area contributed by atoms with Crippen LogP contribution in [0.25, 0.3) is 20.4 Å². The molecule has 8 heteroatoms. The van der Waals surface area contributed by atoms with Crippen molar-refractivity contribution in [2.24, 2.45) is 5.92 Å². The number of rotatable bonds is 2. The number of hydrogen-bond acceptors (Lipinski definition) is 7. The first-order valence-corrected chi connectivity index (χ1v) is 9.66. The van der Waals surface area contributed by atoms with Crippen LogP contribution in [0.5, 0.6) is 0 Å². The molecule has 1 atom stereocenters. The minimum atomic E-state index is 0.00679. The molecule has 3 aromatic rings. The van der Waals surface area contributed by atoms with E-state index in [1.54, 1.807) is 23.3 Å². The molecule has 1 amide bonds. The number of hydrogen-bond donors (Lipinski definition) is 1. The van der Waals surface area contributed by atoms with Crippen LogP contribution in [0.4, 0.5) is 10.3 Å². The van der Waals surface area contributed by atoms with Crippen LogP contribution in [0.1, 0.15) is 26.7 Å². The van der Waals surface area contributed by atoms with Crippen LogP contribution in [0.3, 0.4) is 0 Å². The number of aromatic nitrogens is 2. The van der Waals surface area contributed by atoms with Crippen molar-refractivity contribution in [1.82, 2.24) is 15.0 Å². The topological polar surface area (TPSA) is 75.3 Å². The van der Waals surface area contributed by atoms with Gasteiger partial charge in [0.2, 0.25) is 11.0 Å². The molecule has 1 saturated heterocycles. The maximum atomic E-state index is 12.3. The van der Waals surface area contributed by atoms with Crippen LogP contribution in [0.2, 0.25) is 0 Å². The zero-order valence-electron chi connectivity index (χ0n) is 13.7. The molecule has 24 heavy (non-hydrogen) atoms. The summed E-state index contributed by atoms with van der Waals surface area (Å²) in [6, 6.07) is 4.02. The van der Waals surface area contributed by atoms with E-state index in [2.05, 4.69) is 23.0 Å². The Morgan fingerprint density at radius 1 is 1.29 bits per heavy atom. The van der Waals surface area contributed by atoms with E-state index < -0.39 is 0 Å². The molecule has 126 valence electrons. The third-order valence-corrected chi connectivity index (χ3v) is 6.14. The molecular weight excluding hydrogens is 342 g/mol. The highest BCUT2D eigenvalue weighted by atomic mass is 32.1. The van der Waals surface area contributed by atoms with Crippen molar-refractivity contribution in [3.63, 3.8) is 0 Å². The van der Waals surface area contributed by atoms with Crippen LogP contribution in [-0.4, -0.2) is 34.0 Å². The van der Waals surface area contributed by atoms with Crippen LogP contribution >= 0.6 is 22.7 Å². The molecule has 1 aromatic carbocycles. The molecule has 3 heterocycles. The molecule has 0 radical (unpaired) electrons. The molecule has 0 saturated carbocycles. The lowest BCUT2D eigenvalue weighted by atomic mass is 10.0. The summed E-state index contributed by atoms with van der Waals surface area (Å²) < 4.78 is 2.11. The number of nitrogen functional groups attached to an aromatic ring is 1. The van der Waals surface area contributed by atoms with Gasteiger partial charge in [0.05, 0.1) is 20.4 Å². The highest BCUT2D eigenvalue weighted by Gasteiger charge is 2.27. The second kappa shape index (κ2) is 5.94. The van der Waals surface area contributed by atoms with Crippen molar-refractivity contribution < 1.29 is 4.79 Å². The summed E-state index contributed by atoms with van der Waals surface area (Å²) in [6.45, 7) is 5.62. The van der Waals surface area contributed by atoms with Gasteiger partial charge in [0.25, 0.3) is 0 Å². The Bertz CT molecular complexity index is 867. The van der Waals surface area contributed by atoms with Gasteiger partial charge < -0.3 is 5.73 Å². The largest absolute Gasteiger partial charge is 0.375 e. The van der Waals surface area contributed by atoms with Gasteiger partial charge in [-0.25, -0.2) is 20.0 Å². The SMILES string of the molecule is CC(=O)N(c1nc2cc3nc(N)sc3cc2s1)N1CCCC(C)C1. The average Bonchev–Trinajstić information content (AvgIpc) is 3.05. The van der Waals surface area contributed by atoms with Crippen LogP contribution in [0, 0.1) is 5.92 Å². The molecule has 0 spiro atoms. The fourth-order valence-corrected chi connectivity index (χ4v) is 5.13. The Kier molecular flexibility index (Phi) is 3.90. The van der Waals surface area contributed by atoms with E-state index in [4.69, 9.17) is 10.7 Å². The number of hydrazine groups is 1. The van der Waals surface area contributed by atoms with Gasteiger partial charge in [-0.2, -0.15) is 0 Å². The van der Waals surface area contributed by atoms with Crippen LogP contribution in [0.15, 0.2) is 12.1 Å². The lowest BCUT2D eigenvalue weighted by molar-refractivity contribution is -0.120. The Morgan fingerprint density at radius 2 is 2.04 bits per heavy atom. The number of carbonyl (C=O) groups excluding carboxylic acids is 1. The first-order chi connectivity index (χ1) is 11.5. The van der Waals surface area contributed by atoms with Gasteiger partial charge >= 0.3 is 0 Å². The number of carbonyl (C=O) groups is 1. The zero-order chi connectivity index (χ0) is 16.8. The first-order valence-electron chi connectivity index (χ1n) is 8.03. The first kappa shape index (κ1) is 15.7. The number of thiazole rings is 2. The Balaban J connectivity index is 1.76. The summed E-state index contributed by atoms with van der Waals surface area (Å²) >= 11 is 3.02. The number of benzene rings is 1.